The van der Waals surface area contributed by atoms with Gasteiger partial charge in [0.05, 0.1) is 5.56 Å². The maximum Gasteiger partial charge on any atom is 0.253 e. The molecule has 5 nitrogen and oxygen atoms in total. The molecule has 1 aromatic carbocycles. The summed E-state index contributed by atoms with van der Waals surface area (Å²) in [4.78, 5) is 28.8. The highest BCUT2D eigenvalue weighted by Crippen LogP contribution is 2.30. The van der Waals surface area contributed by atoms with Crippen molar-refractivity contribution in [1.82, 2.24) is 15.2 Å². The van der Waals surface area contributed by atoms with Crippen LogP contribution >= 0.6 is 0 Å². The Labute approximate surface area is 148 Å². The summed E-state index contributed by atoms with van der Waals surface area (Å²) in [5.41, 5.74) is 2.26. The summed E-state index contributed by atoms with van der Waals surface area (Å²) < 4.78 is 0. The zero-order valence-electron chi connectivity index (χ0n) is 14.8. The second-order valence-electron chi connectivity index (χ2n) is 7.08. The van der Waals surface area contributed by atoms with Gasteiger partial charge in [-0.3, -0.25) is 14.5 Å². The van der Waals surface area contributed by atoms with Gasteiger partial charge in [0.25, 0.3) is 5.91 Å². The van der Waals surface area contributed by atoms with Crippen molar-refractivity contribution in [2.45, 2.75) is 38.8 Å². The molecule has 3 rings (SSSR count). The van der Waals surface area contributed by atoms with Crippen molar-refractivity contribution in [3.8, 4) is 0 Å². The quantitative estimate of drug-likeness (QED) is 0.879. The van der Waals surface area contributed by atoms with Gasteiger partial charge < -0.3 is 10.3 Å². The standard InChI is InChI=1S/C20H25N3O2/c1-15-11-18(24)21-12-17(15)19(25)22-14-20(2)9-6-10-23(20)13-16-7-4-3-5-8-16/h3-5,7-8,11-12H,6,9-10,13-14H2,1-2H3,(H,21,24)(H,22,25). The Kier molecular flexibility index (Phi) is 5.04. The number of aryl methyl sites for hydroxylation is 1. The number of rotatable bonds is 5. The van der Waals surface area contributed by atoms with E-state index in [9.17, 15) is 9.59 Å². The SMILES string of the molecule is Cc1cc(=O)[nH]cc1C(=O)NCC1(C)CCCN1Cc1ccccc1. The van der Waals surface area contributed by atoms with Crippen LogP contribution in [0.2, 0.25) is 0 Å². The van der Waals surface area contributed by atoms with E-state index < -0.39 is 0 Å². The molecule has 2 aromatic rings. The molecule has 0 radical (unpaired) electrons. The number of nitrogens with zero attached hydrogens (tertiary/aromatic N) is 1. The largest absolute Gasteiger partial charge is 0.350 e. The highest BCUT2D eigenvalue weighted by molar-refractivity contribution is 5.95. The predicted molar refractivity (Wildman–Crippen MR) is 98.6 cm³/mol. The van der Waals surface area contributed by atoms with Crippen LogP contribution < -0.4 is 10.9 Å². The van der Waals surface area contributed by atoms with Gasteiger partial charge in [-0.2, -0.15) is 0 Å². The van der Waals surface area contributed by atoms with Crippen molar-refractivity contribution in [3.05, 3.63) is 69.6 Å². The van der Waals surface area contributed by atoms with Gasteiger partial charge in [0.2, 0.25) is 5.56 Å². The fourth-order valence-corrected chi connectivity index (χ4v) is 3.54. The maximum atomic E-state index is 12.5. The first-order valence-electron chi connectivity index (χ1n) is 8.74. The smallest absolute Gasteiger partial charge is 0.253 e. The van der Waals surface area contributed by atoms with Crippen LogP contribution in [0.1, 0.15) is 41.3 Å². The number of likely N-dealkylation sites (tertiary alicyclic amines) is 1. The number of pyridine rings is 1. The minimum absolute atomic E-state index is 0.0540. The van der Waals surface area contributed by atoms with E-state index in [2.05, 4.69) is 46.4 Å². The number of hydrogen-bond acceptors (Lipinski definition) is 3. The number of benzene rings is 1. The summed E-state index contributed by atoms with van der Waals surface area (Å²) in [6, 6.07) is 11.9. The van der Waals surface area contributed by atoms with E-state index in [1.54, 1.807) is 6.92 Å². The van der Waals surface area contributed by atoms with E-state index in [1.807, 2.05) is 6.07 Å². The Morgan fingerprint density at radius 2 is 2.08 bits per heavy atom. The van der Waals surface area contributed by atoms with Crippen molar-refractivity contribution in [3.63, 3.8) is 0 Å². The number of carbonyl (C=O) groups is 1. The molecule has 2 N–H and O–H groups in total. The van der Waals surface area contributed by atoms with E-state index in [1.165, 1.54) is 17.8 Å². The normalized spacial score (nSPS) is 20.6. The van der Waals surface area contributed by atoms with Gasteiger partial charge in [-0.15, -0.1) is 0 Å². The van der Waals surface area contributed by atoms with Gasteiger partial charge in [0.1, 0.15) is 0 Å². The number of aromatic nitrogens is 1. The Morgan fingerprint density at radius 1 is 1.32 bits per heavy atom. The van der Waals surface area contributed by atoms with Crippen LogP contribution in [0.15, 0.2) is 47.4 Å². The molecule has 2 heterocycles. The topological polar surface area (TPSA) is 65.2 Å². The fourth-order valence-electron chi connectivity index (χ4n) is 3.54. The molecule has 132 valence electrons. The summed E-state index contributed by atoms with van der Waals surface area (Å²) in [5, 5.41) is 3.05. The lowest BCUT2D eigenvalue weighted by Crippen LogP contribution is -2.49. The molecule has 1 unspecified atom stereocenters. The summed E-state index contributed by atoms with van der Waals surface area (Å²) in [7, 11) is 0. The van der Waals surface area contributed by atoms with E-state index in [4.69, 9.17) is 0 Å². The summed E-state index contributed by atoms with van der Waals surface area (Å²) >= 11 is 0. The van der Waals surface area contributed by atoms with Crippen molar-refractivity contribution in [2.24, 2.45) is 0 Å². The lowest BCUT2D eigenvalue weighted by atomic mass is 9.98. The Hall–Kier alpha value is -2.40. The average Bonchev–Trinajstić information content (AvgIpc) is 2.95. The fraction of sp³-hybridized carbons (Fsp3) is 0.400. The molecule has 0 bridgehead atoms. The van der Waals surface area contributed by atoms with Crippen LogP contribution in [0.5, 0.6) is 0 Å². The van der Waals surface area contributed by atoms with Crippen molar-refractivity contribution in [2.75, 3.05) is 13.1 Å². The lowest BCUT2D eigenvalue weighted by molar-refractivity contribution is 0.0896. The molecule has 0 spiro atoms. The monoisotopic (exact) mass is 339 g/mol. The number of carbonyl (C=O) groups excluding carboxylic acids is 1. The molecule has 1 amide bonds. The van der Waals surface area contributed by atoms with Crippen LogP contribution in [0, 0.1) is 6.92 Å². The zero-order valence-corrected chi connectivity index (χ0v) is 14.8. The first-order chi connectivity index (χ1) is 12.0. The third kappa shape index (κ3) is 3.99. The third-order valence-corrected chi connectivity index (χ3v) is 5.13. The highest BCUT2D eigenvalue weighted by atomic mass is 16.1. The summed E-state index contributed by atoms with van der Waals surface area (Å²) in [6.07, 6.45) is 3.69. The van der Waals surface area contributed by atoms with Crippen LogP contribution in [0.4, 0.5) is 0 Å². The molecule has 1 aliphatic rings. The van der Waals surface area contributed by atoms with Crippen molar-refractivity contribution < 1.29 is 4.79 Å². The molecule has 0 saturated carbocycles. The van der Waals surface area contributed by atoms with Crippen molar-refractivity contribution in [1.29, 1.82) is 0 Å². The van der Waals surface area contributed by atoms with Crippen LogP contribution in [-0.2, 0) is 6.54 Å². The molecule has 1 atom stereocenters. The van der Waals surface area contributed by atoms with Crippen LogP contribution in [0.25, 0.3) is 0 Å². The van der Waals surface area contributed by atoms with Gasteiger partial charge in [0, 0.05) is 30.9 Å². The predicted octanol–water partition coefficient (Wildman–Crippen LogP) is 2.47. The number of aromatic amines is 1. The first kappa shape index (κ1) is 17.4. The lowest BCUT2D eigenvalue weighted by Gasteiger charge is -2.35. The minimum atomic E-state index is -0.189. The molecule has 5 heteroatoms. The average molecular weight is 339 g/mol. The molecule has 25 heavy (non-hydrogen) atoms. The van der Waals surface area contributed by atoms with Gasteiger partial charge >= 0.3 is 0 Å². The zero-order chi connectivity index (χ0) is 17.9. The van der Waals surface area contributed by atoms with E-state index in [-0.39, 0.29) is 17.0 Å². The van der Waals surface area contributed by atoms with Gasteiger partial charge in [-0.1, -0.05) is 30.3 Å². The molecule has 0 aliphatic carbocycles. The first-order valence-corrected chi connectivity index (χ1v) is 8.74. The van der Waals surface area contributed by atoms with Crippen LogP contribution in [0.3, 0.4) is 0 Å². The van der Waals surface area contributed by atoms with E-state index in [0.717, 1.165) is 25.9 Å². The van der Waals surface area contributed by atoms with E-state index in [0.29, 0.717) is 17.7 Å². The molecular formula is C20H25N3O2. The van der Waals surface area contributed by atoms with Crippen molar-refractivity contribution >= 4 is 5.91 Å². The van der Waals surface area contributed by atoms with E-state index >= 15 is 0 Å². The second-order valence-corrected chi connectivity index (χ2v) is 7.08. The molecule has 1 aromatic heterocycles. The third-order valence-electron chi connectivity index (χ3n) is 5.13. The number of amides is 1. The van der Waals surface area contributed by atoms with Gasteiger partial charge in [-0.25, -0.2) is 0 Å². The Morgan fingerprint density at radius 3 is 2.80 bits per heavy atom. The van der Waals surface area contributed by atoms with Crippen LogP contribution in [-0.4, -0.2) is 34.4 Å². The number of hydrogen-bond donors (Lipinski definition) is 2. The Bertz CT molecular complexity index is 800. The molecule has 1 fully saturated rings. The molecule has 1 aliphatic heterocycles. The minimum Gasteiger partial charge on any atom is -0.350 e. The molecule has 1 saturated heterocycles. The summed E-state index contributed by atoms with van der Waals surface area (Å²) in [5.74, 6) is -0.137. The highest BCUT2D eigenvalue weighted by Gasteiger charge is 2.36. The second kappa shape index (κ2) is 7.23. The van der Waals surface area contributed by atoms with Gasteiger partial charge in [0.15, 0.2) is 0 Å². The maximum absolute atomic E-state index is 12.5. The number of nitrogens with one attached hydrogen (secondary N) is 2. The Balaban J connectivity index is 1.66. The summed E-state index contributed by atoms with van der Waals surface area (Å²) in [6.45, 7) is 6.52. The molecular weight excluding hydrogens is 314 g/mol. The number of H-pyrrole nitrogens is 1. The van der Waals surface area contributed by atoms with Gasteiger partial charge in [-0.05, 0) is 44.4 Å².